The zero-order valence-corrected chi connectivity index (χ0v) is 5.34. The molecule has 0 saturated carbocycles. The quantitative estimate of drug-likeness (QED) is 0.570. The maximum absolute atomic E-state index is 12.4. The van der Waals surface area contributed by atoms with Gasteiger partial charge in [-0.3, -0.25) is 4.98 Å². The maximum atomic E-state index is 12.4. The molecule has 2 radical (unpaired) electrons. The van der Waals surface area contributed by atoms with Gasteiger partial charge in [0.05, 0.1) is 19.7 Å². The third kappa shape index (κ3) is 1.26. The molecule has 1 rings (SSSR count). The number of aromatic nitrogens is 1. The first-order valence-corrected chi connectivity index (χ1v) is 2.84. The van der Waals surface area contributed by atoms with Crippen molar-refractivity contribution in [2.75, 3.05) is 5.73 Å². The largest absolute Gasteiger partial charge is 0.396 e. The molecule has 1 heterocycles. The predicted octanol–water partition coefficient (Wildman–Crippen LogP) is 0.471. The molecular formula is C6H6BFN2. The first-order chi connectivity index (χ1) is 4.74. The van der Waals surface area contributed by atoms with E-state index >= 15 is 0 Å². The second-order valence-corrected chi connectivity index (χ2v) is 1.90. The van der Waals surface area contributed by atoms with Crippen molar-refractivity contribution in [1.82, 2.24) is 4.98 Å². The Morgan fingerprint density at radius 3 is 2.90 bits per heavy atom. The number of nitrogens with zero attached hydrogens (tertiary/aromatic N) is 1. The number of anilines is 1. The third-order valence-corrected chi connectivity index (χ3v) is 1.15. The lowest BCUT2D eigenvalue weighted by Gasteiger charge is -1.97. The average Bonchev–Trinajstić information content (AvgIpc) is 1.95. The topological polar surface area (TPSA) is 38.9 Å². The minimum atomic E-state index is -0.503. The predicted molar refractivity (Wildman–Crippen MR) is 38.1 cm³/mol. The van der Waals surface area contributed by atoms with Crippen LogP contribution in [0.15, 0.2) is 12.3 Å². The van der Waals surface area contributed by atoms with Gasteiger partial charge in [-0.25, -0.2) is 4.39 Å². The van der Waals surface area contributed by atoms with Gasteiger partial charge in [0.2, 0.25) is 0 Å². The Hall–Kier alpha value is -1.06. The fourth-order valence-electron chi connectivity index (χ4n) is 0.611. The third-order valence-electron chi connectivity index (χ3n) is 1.15. The highest BCUT2D eigenvalue weighted by Crippen LogP contribution is 2.08. The summed E-state index contributed by atoms with van der Waals surface area (Å²) in [5.74, 6) is -0.503. The second kappa shape index (κ2) is 2.69. The summed E-state index contributed by atoms with van der Waals surface area (Å²) < 4.78 is 12.4. The van der Waals surface area contributed by atoms with Crippen molar-refractivity contribution < 1.29 is 4.39 Å². The highest BCUT2D eigenvalue weighted by molar-refractivity contribution is 6.08. The summed E-state index contributed by atoms with van der Waals surface area (Å²) in [6, 6.07) is 1.43. The highest BCUT2D eigenvalue weighted by Gasteiger charge is 1.97. The lowest BCUT2D eigenvalue weighted by atomic mass is 10.0. The number of hydrogen-bond donors (Lipinski definition) is 1. The number of halogens is 1. The highest BCUT2D eigenvalue weighted by atomic mass is 19.1. The number of nitrogens with two attached hydrogens (primary N) is 1. The van der Waals surface area contributed by atoms with Crippen LogP contribution in [0, 0.1) is 5.82 Å². The molecule has 0 fully saturated rings. The fourth-order valence-corrected chi connectivity index (χ4v) is 0.611. The Morgan fingerprint density at radius 1 is 1.70 bits per heavy atom. The number of nitrogen functional groups attached to an aromatic ring is 1. The first kappa shape index (κ1) is 7.06. The monoisotopic (exact) mass is 136 g/mol. The van der Waals surface area contributed by atoms with Crippen LogP contribution in [0.5, 0.6) is 0 Å². The van der Waals surface area contributed by atoms with Crippen molar-refractivity contribution in [2.24, 2.45) is 0 Å². The summed E-state index contributed by atoms with van der Waals surface area (Å²) in [5.41, 5.74) is 5.91. The molecular weight excluding hydrogens is 130 g/mol. The van der Waals surface area contributed by atoms with E-state index in [1.54, 1.807) is 0 Å². The molecule has 10 heavy (non-hydrogen) atoms. The van der Waals surface area contributed by atoms with E-state index in [1.807, 2.05) is 0 Å². The molecule has 1 aromatic rings. The number of pyridine rings is 1. The Bertz CT molecular complexity index is 239. The first-order valence-electron chi connectivity index (χ1n) is 2.84. The van der Waals surface area contributed by atoms with Crippen LogP contribution in [-0.4, -0.2) is 12.8 Å². The molecule has 1 aromatic heterocycles. The SMILES string of the molecule is [B]Cc1cc(N)c(F)cn1. The van der Waals surface area contributed by atoms with Crippen molar-refractivity contribution in [2.45, 2.75) is 6.32 Å². The van der Waals surface area contributed by atoms with Gasteiger partial charge in [0.25, 0.3) is 0 Å². The van der Waals surface area contributed by atoms with Crippen LogP contribution in [0.3, 0.4) is 0 Å². The van der Waals surface area contributed by atoms with E-state index in [-0.39, 0.29) is 12.0 Å². The van der Waals surface area contributed by atoms with Crippen molar-refractivity contribution in [3.63, 3.8) is 0 Å². The molecule has 2 nitrogen and oxygen atoms in total. The fraction of sp³-hybridized carbons (Fsp3) is 0.167. The summed E-state index contributed by atoms with van der Waals surface area (Å²) >= 11 is 0. The maximum Gasteiger partial charge on any atom is 0.164 e. The van der Waals surface area contributed by atoms with Gasteiger partial charge < -0.3 is 5.73 Å². The number of rotatable bonds is 1. The van der Waals surface area contributed by atoms with Crippen LogP contribution in [0.25, 0.3) is 0 Å². The van der Waals surface area contributed by atoms with Crippen LogP contribution < -0.4 is 5.73 Å². The van der Waals surface area contributed by atoms with Crippen LogP contribution in [-0.2, 0) is 6.32 Å². The normalized spacial score (nSPS) is 9.70. The molecule has 0 aliphatic carbocycles. The Balaban J connectivity index is 3.04. The number of hydrogen-bond acceptors (Lipinski definition) is 2. The molecule has 0 unspecified atom stereocenters. The van der Waals surface area contributed by atoms with E-state index < -0.39 is 5.82 Å². The summed E-state index contributed by atoms with van der Waals surface area (Å²) in [6.07, 6.45) is 1.35. The molecule has 0 aliphatic rings. The van der Waals surface area contributed by atoms with Crippen LogP contribution in [0.4, 0.5) is 10.1 Å². The molecule has 2 N–H and O–H groups in total. The molecule has 0 spiro atoms. The molecule has 0 aliphatic heterocycles. The van der Waals surface area contributed by atoms with E-state index in [0.717, 1.165) is 6.20 Å². The summed E-state index contributed by atoms with van der Waals surface area (Å²) in [5, 5.41) is 0. The van der Waals surface area contributed by atoms with Crippen LogP contribution in [0.2, 0.25) is 0 Å². The van der Waals surface area contributed by atoms with Crippen molar-refractivity contribution in [1.29, 1.82) is 0 Å². The standard InChI is InChI=1S/C6H6BFN2/c7-2-4-1-6(9)5(8)3-10-4/h1,3H,2H2,(H2,9,10). The lowest BCUT2D eigenvalue weighted by Crippen LogP contribution is -1.96. The summed E-state index contributed by atoms with van der Waals surface area (Å²) in [4.78, 5) is 3.68. The van der Waals surface area contributed by atoms with Crippen LogP contribution in [0.1, 0.15) is 5.69 Å². The molecule has 0 bridgehead atoms. The van der Waals surface area contributed by atoms with Crippen molar-refractivity contribution in [3.05, 3.63) is 23.8 Å². The average molecular weight is 136 g/mol. The Morgan fingerprint density at radius 2 is 2.40 bits per heavy atom. The van der Waals surface area contributed by atoms with Gasteiger partial charge in [0.1, 0.15) is 0 Å². The minimum Gasteiger partial charge on any atom is -0.396 e. The van der Waals surface area contributed by atoms with Crippen molar-refractivity contribution >= 4 is 13.5 Å². The lowest BCUT2D eigenvalue weighted by molar-refractivity contribution is 0.625. The second-order valence-electron chi connectivity index (χ2n) is 1.90. The zero-order chi connectivity index (χ0) is 7.56. The zero-order valence-electron chi connectivity index (χ0n) is 5.34. The van der Waals surface area contributed by atoms with Crippen LogP contribution >= 0.6 is 0 Å². The van der Waals surface area contributed by atoms with Gasteiger partial charge in [-0.05, 0) is 12.4 Å². The van der Waals surface area contributed by atoms with Gasteiger partial charge in [0.15, 0.2) is 5.82 Å². The van der Waals surface area contributed by atoms with Gasteiger partial charge >= 0.3 is 0 Å². The molecule has 50 valence electrons. The van der Waals surface area contributed by atoms with E-state index in [4.69, 9.17) is 13.6 Å². The Labute approximate surface area is 59.7 Å². The van der Waals surface area contributed by atoms with E-state index in [0.29, 0.717) is 5.69 Å². The summed E-state index contributed by atoms with van der Waals surface area (Å²) in [7, 11) is 5.23. The van der Waals surface area contributed by atoms with Gasteiger partial charge in [0, 0.05) is 5.69 Å². The summed E-state index contributed by atoms with van der Waals surface area (Å²) in [6.45, 7) is 0. The van der Waals surface area contributed by atoms with E-state index in [2.05, 4.69) is 4.98 Å². The molecule has 0 aromatic carbocycles. The van der Waals surface area contributed by atoms with Crippen molar-refractivity contribution in [3.8, 4) is 0 Å². The molecule has 4 heteroatoms. The van der Waals surface area contributed by atoms with Gasteiger partial charge in [-0.2, -0.15) is 0 Å². The van der Waals surface area contributed by atoms with E-state index in [9.17, 15) is 4.39 Å². The molecule has 0 saturated heterocycles. The molecule has 0 amide bonds. The molecule has 0 atom stereocenters. The minimum absolute atomic E-state index is 0.0930. The van der Waals surface area contributed by atoms with Gasteiger partial charge in [-0.15, -0.1) is 0 Å². The van der Waals surface area contributed by atoms with Gasteiger partial charge in [-0.1, -0.05) is 0 Å². The Kier molecular flexibility index (Phi) is 1.90. The smallest absolute Gasteiger partial charge is 0.164 e. The van der Waals surface area contributed by atoms with E-state index in [1.165, 1.54) is 6.07 Å².